The Morgan fingerprint density at radius 3 is 2.00 bits per heavy atom. The van der Waals surface area contributed by atoms with Crippen LogP contribution in [0.1, 0.15) is 26.7 Å². The maximum atomic E-state index is 13.7. The van der Waals surface area contributed by atoms with Crippen LogP contribution in [-0.2, 0) is 0 Å². The van der Waals surface area contributed by atoms with Crippen molar-refractivity contribution in [3.63, 3.8) is 0 Å². The van der Waals surface area contributed by atoms with Gasteiger partial charge in [-0.2, -0.15) is 0 Å². The third-order valence-electron chi connectivity index (χ3n) is 7.61. The van der Waals surface area contributed by atoms with Gasteiger partial charge in [-0.25, -0.2) is 9.69 Å². The van der Waals surface area contributed by atoms with Gasteiger partial charge in [-0.05, 0) is 54.1 Å². The van der Waals surface area contributed by atoms with Crippen LogP contribution in [0.4, 0.5) is 21.9 Å². The van der Waals surface area contributed by atoms with Crippen LogP contribution in [0.15, 0.2) is 142 Å². The van der Waals surface area contributed by atoms with Crippen molar-refractivity contribution in [2.45, 2.75) is 19.9 Å². The highest BCUT2D eigenvalue weighted by Gasteiger charge is 2.38. The standard InChI is InChI=1S/C35H22N2O3S2/c38-33-24-10-2-1-9-23(24)32-31(33)34(42-28-14-6-3-11-25(28)36-32)21-17-19-22(20-18-21)40-35(39)37-26-12-4-7-15-29(26)41-30-16-8-5-13-27(30)37/h1-20,34,36H. The van der Waals surface area contributed by atoms with E-state index in [1.165, 1.54) is 0 Å². The van der Waals surface area contributed by atoms with Crippen LogP contribution in [0.2, 0.25) is 0 Å². The van der Waals surface area contributed by atoms with E-state index in [0.717, 1.165) is 54.1 Å². The number of anilines is 3. The Morgan fingerprint density at radius 2 is 1.29 bits per heavy atom. The van der Waals surface area contributed by atoms with Gasteiger partial charge < -0.3 is 10.1 Å². The maximum absolute atomic E-state index is 13.7. The summed E-state index contributed by atoms with van der Waals surface area (Å²) in [5, 5.41) is 3.32. The number of ketones is 1. The molecule has 5 aromatic rings. The minimum Gasteiger partial charge on any atom is -0.410 e. The number of nitrogens with zero attached hydrogens (tertiary/aromatic N) is 1. The molecular weight excluding hydrogens is 561 g/mol. The zero-order valence-electron chi connectivity index (χ0n) is 22.1. The van der Waals surface area contributed by atoms with Crippen molar-refractivity contribution in [2.75, 3.05) is 10.2 Å². The third kappa shape index (κ3) is 4.04. The summed E-state index contributed by atoms with van der Waals surface area (Å²) in [7, 11) is 0. The third-order valence-corrected chi connectivity index (χ3v) is 10.1. The lowest BCUT2D eigenvalue weighted by atomic mass is 10.0. The second kappa shape index (κ2) is 9.98. The lowest BCUT2D eigenvalue weighted by molar-refractivity contribution is 0.103. The number of para-hydroxylation sites is 3. The molecule has 202 valence electrons. The van der Waals surface area contributed by atoms with Gasteiger partial charge in [-0.15, -0.1) is 11.8 Å². The summed E-state index contributed by atoms with van der Waals surface area (Å²) >= 11 is 3.29. The van der Waals surface area contributed by atoms with Crippen LogP contribution in [0, 0.1) is 0 Å². The van der Waals surface area contributed by atoms with Crippen molar-refractivity contribution >= 4 is 58.2 Å². The van der Waals surface area contributed by atoms with Crippen molar-refractivity contribution < 1.29 is 14.3 Å². The largest absolute Gasteiger partial charge is 0.424 e. The molecule has 0 aromatic heterocycles. The lowest BCUT2D eigenvalue weighted by Crippen LogP contribution is -2.31. The average Bonchev–Trinajstić information content (AvgIpc) is 3.18. The number of carbonyl (C=O) groups excluding carboxylic acids is 2. The summed E-state index contributed by atoms with van der Waals surface area (Å²) in [4.78, 5) is 32.0. The topological polar surface area (TPSA) is 58.6 Å². The highest BCUT2D eigenvalue weighted by atomic mass is 32.2. The zero-order chi connectivity index (χ0) is 28.2. The summed E-state index contributed by atoms with van der Waals surface area (Å²) in [6, 6.07) is 39.0. The minimum absolute atomic E-state index is 0.0363. The quantitative estimate of drug-likeness (QED) is 0.224. The summed E-state index contributed by atoms with van der Waals surface area (Å²) in [6.45, 7) is 0. The molecular formula is C35H22N2O3S2. The molecule has 7 heteroatoms. The van der Waals surface area contributed by atoms with Gasteiger partial charge in [-0.1, -0.05) is 84.6 Å². The first-order valence-electron chi connectivity index (χ1n) is 13.5. The van der Waals surface area contributed by atoms with Gasteiger partial charge in [0, 0.05) is 31.4 Å². The fourth-order valence-electron chi connectivity index (χ4n) is 5.67. The molecule has 5 aromatic carbocycles. The number of hydrogen-bond donors (Lipinski definition) is 1. The Bertz CT molecular complexity index is 1910. The van der Waals surface area contributed by atoms with Crippen molar-refractivity contribution in [1.82, 2.24) is 0 Å². The molecule has 0 bridgehead atoms. The Hall–Kier alpha value is -4.72. The van der Waals surface area contributed by atoms with Gasteiger partial charge >= 0.3 is 6.09 Å². The zero-order valence-corrected chi connectivity index (χ0v) is 23.7. The van der Waals surface area contributed by atoms with E-state index in [0.29, 0.717) is 11.3 Å². The molecule has 5 nitrogen and oxygen atoms in total. The van der Waals surface area contributed by atoms with Gasteiger partial charge in [0.1, 0.15) is 5.75 Å². The fourth-order valence-corrected chi connectivity index (χ4v) is 8.03. The molecule has 0 radical (unpaired) electrons. The molecule has 8 rings (SSSR count). The summed E-state index contributed by atoms with van der Waals surface area (Å²) in [5.41, 5.74) is 6.75. The number of thioether (sulfide) groups is 1. The van der Waals surface area contributed by atoms with Gasteiger partial charge in [0.15, 0.2) is 5.78 Å². The smallest absolute Gasteiger partial charge is 0.410 e. The molecule has 0 fully saturated rings. The van der Waals surface area contributed by atoms with Gasteiger partial charge in [0.2, 0.25) is 0 Å². The number of rotatable bonds is 2. The fraction of sp³-hybridized carbons (Fsp3) is 0.0286. The molecule has 1 amide bonds. The van der Waals surface area contributed by atoms with Crippen LogP contribution in [0.3, 0.4) is 0 Å². The summed E-state index contributed by atoms with van der Waals surface area (Å²) < 4.78 is 5.93. The van der Waals surface area contributed by atoms with Crippen LogP contribution in [0.5, 0.6) is 5.75 Å². The Balaban J connectivity index is 1.13. The van der Waals surface area contributed by atoms with Gasteiger partial charge in [0.05, 0.1) is 28.0 Å². The maximum Gasteiger partial charge on any atom is 0.424 e. The molecule has 0 saturated carbocycles. The second-order valence-electron chi connectivity index (χ2n) is 10.1. The van der Waals surface area contributed by atoms with Crippen LogP contribution < -0.4 is 15.0 Å². The van der Waals surface area contributed by atoms with E-state index in [9.17, 15) is 9.59 Å². The van der Waals surface area contributed by atoms with Gasteiger partial charge in [-0.3, -0.25) is 4.79 Å². The first kappa shape index (κ1) is 25.0. The summed E-state index contributed by atoms with van der Waals surface area (Å²) in [6.07, 6.45) is -0.476. The van der Waals surface area contributed by atoms with E-state index >= 15 is 0 Å². The number of amides is 1. The molecule has 1 aliphatic carbocycles. The molecule has 1 N–H and O–H groups in total. The molecule has 2 aliphatic heterocycles. The highest BCUT2D eigenvalue weighted by Crippen LogP contribution is 2.53. The molecule has 3 aliphatic rings. The first-order chi connectivity index (χ1) is 20.7. The van der Waals surface area contributed by atoms with Crippen LogP contribution in [-0.4, -0.2) is 11.9 Å². The number of benzene rings is 5. The Morgan fingerprint density at radius 1 is 0.690 bits per heavy atom. The van der Waals surface area contributed by atoms with E-state index in [1.54, 1.807) is 40.6 Å². The van der Waals surface area contributed by atoms with Crippen molar-refractivity contribution in [2.24, 2.45) is 0 Å². The number of ether oxygens (including phenoxy) is 1. The second-order valence-corrected chi connectivity index (χ2v) is 12.3. The van der Waals surface area contributed by atoms with E-state index in [1.807, 2.05) is 103 Å². The van der Waals surface area contributed by atoms with E-state index in [2.05, 4.69) is 11.4 Å². The average molecular weight is 583 g/mol. The van der Waals surface area contributed by atoms with Gasteiger partial charge in [0.25, 0.3) is 0 Å². The van der Waals surface area contributed by atoms with Crippen LogP contribution in [0.25, 0.3) is 5.70 Å². The lowest BCUT2D eigenvalue weighted by Gasteiger charge is -2.30. The molecule has 2 heterocycles. The Kier molecular flexibility index (Phi) is 5.94. The number of Topliss-reactive ketones (excluding diaryl/α,β-unsaturated/α-hetero) is 1. The van der Waals surface area contributed by atoms with E-state index < -0.39 is 6.09 Å². The van der Waals surface area contributed by atoms with Crippen LogP contribution >= 0.6 is 23.5 Å². The number of nitrogens with one attached hydrogen (secondary N) is 1. The minimum atomic E-state index is -0.476. The highest BCUT2D eigenvalue weighted by molar-refractivity contribution is 8.00. The SMILES string of the molecule is O=C1C2=C(Nc3ccccc3SC2c2ccc(OC(=O)N3c4ccccc4Sc4ccccc43)cc2)c2ccccc21. The molecule has 0 saturated heterocycles. The normalized spacial score (nSPS) is 16.3. The summed E-state index contributed by atoms with van der Waals surface area (Å²) in [5.74, 6) is 0.471. The number of carbonyl (C=O) groups is 2. The molecule has 0 spiro atoms. The predicted molar refractivity (Wildman–Crippen MR) is 168 cm³/mol. The van der Waals surface area contributed by atoms with E-state index in [4.69, 9.17) is 4.74 Å². The predicted octanol–water partition coefficient (Wildman–Crippen LogP) is 9.35. The number of hydrogen-bond acceptors (Lipinski definition) is 6. The monoisotopic (exact) mass is 582 g/mol. The number of fused-ring (bicyclic) bond motifs is 5. The molecule has 42 heavy (non-hydrogen) atoms. The molecule has 1 atom stereocenters. The van der Waals surface area contributed by atoms with Crippen molar-refractivity contribution in [3.8, 4) is 5.75 Å². The first-order valence-corrected chi connectivity index (χ1v) is 15.2. The Labute approximate surface area is 251 Å². The molecule has 1 unspecified atom stereocenters. The van der Waals surface area contributed by atoms with Crippen molar-refractivity contribution in [1.29, 1.82) is 0 Å². The van der Waals surface area contributed by atoms with Crippen molar-refractivity contribution in [3.05, 3.63) is 144 Å². The van der Waals surface area contributed by atoms with E-state index in [-0.39, 0.29) is 11.0 Å².